The molecular weight excluding hydrogens is 414 g/mol. The number of benzene rings is 3. The van der Waals surface area contributed by atoms with Crippen molar-refractivity contribution in [3.8, 4) is 16.9 Å². The molecule has 0 unspecified atom stereocenters. The summed E-state index contributed by atoms with van der Waals surface area (Å²) < 4.78 is 7.02. The van der Waals surface area contributed by atoms with Gasteiger partial charge in [-0.3, -0.25) is 14.2 Å². The molecule has 6 heteroatoms. The van der Waals surface area contributed by atoms with E-state index in [1.807, 2.05) is 37.3 Å². The van der Waals surface area contributed by atoms with E-state index in [9.17, 15) is 9.59 Å². The minimum Gasteiger partial charge on any atom is -0.496 e. The third-order valence-electron chi connectivity index (χ3n) is 6.08. The molecule has 1 heterocycles. The summed E-state index contributed by atoms with van der Waals surface area (Å²) >= 11 is 0. The minimum absolute atomic E-state index is 0.122. The van der Waals surface area contributed by atoms with Gasteiger partial charge in [0.05, 0.1) is 18.1 Å². The standard InChI is InChI=1S/C27H25N3O3/c1-16-6-5-7-17(14-16)24-20-13-10-18(29-26(31)21-8-3-4-9-23(21)33-2)15-22(20)27(32)30(25(24)28)19-11-12-19/h3-10,13-15,19H,11-12,28H2,1-2H3,(H,29,31). The molecule has 4 aromatic rings. The molecule has 1 amide bonds. The fraction of sp³-hybridized carbons (Fsp3) is 0.185. The smallest absolute Gasteiger partial charge is 0.260 e. The maximum atomic E-state index is 13.4. The van der Waals surface area contributed by atoms with Crippen molar-refractivity contribution >= 4 is 28.2 Å². The fourth-order valence-electron chi connectivity index (χ4n) is 4.34. The number of amides is 1. The zero-order valence-electron chi connectivity index (χ0n) is 18.6. The molecule has 1 aliphatic carbocycles. The molecule has 0 saturated heterocycles. The van der Waals surface area contributed by atoms with Gasteiger partial charge in [-0.2, -0.15) is 0 Å². The predicted octanol–water partition coefficient (Wildman–Crippen LogP) is 5.15. The number of para-hydroxylation sites is 1. The molecule has 0 aliphatic heterocycles. The van der Waals surface area contributed by atoms with E-state index in [2.05, 4.69) is 11.4 Å². The SMILES string of the molecule is COc1ccccc1C(=O)Nc1ccc2c(-c3cccc(C)c3)c(N)n(C3CC3)c(=O)c2c1. The molecule has 0 atom stereocenters. The van der Waals surface area contributed by atoms with E-state index < -0.39 is 0 Å². The molecule has 6 nitrogen and oxygen atoms in total. The van der Waals surface area contributed by atoms with Gasteiger partial charge in [0.15, 0.2) is 0 Å². The van der Waals surface area contributed by atoms with Gasteiger partial charge in [-0.25, -0.2) is 0 Å². The van der Waals surface area contributed by atoms with Crippen LogP contribution in [0, 0.1) is 6.92 Å². The van der Waals surface area contributed by atoms with Crippen LogP contribution in [0.4, 0.5) is 11.5 Å². The number of nitrogens with two attached hydrogens (primary N) is 1. The number of fused-ring (bicyclic) bond motifs is 1. The highest BCUT2D eigenvalue weighted by Gasteiger charge is 2.29. The molecule has 1 fully saturated rings. The maximum Gasteiger partial charge on any atom is 0.260 e. The number of nitrogen functional groups attached to an aromatic ring is 1. The van der Waals surface area contributed by atoms with E-state index in [0.717, 1.165) is 34.9 Å². The Balaban J connectivity index is 1.65. The van der Waals surface area contributed by atoms with Crippen LogP contribution >= 0.6 is 0 Å². The van der Waals surface area contributed by atoms with E-state index in [0.29, 0.717) is 28.2 Å². The second-order valence-electron chi connectivity index (χ2n) is 8.45. The lowest BCUT2D eigenvalue weighted by Crippen LogP contribution is -2.23. The zero-order chi connectivity index (χ0) is 23.1. The van der Waals surface area contributed by atoms with Crippen molar-refractivity contribution in [3.05, 3.63) is 88.2 Å². The molecule has 1 saturated carbocycles. The average molecular weight is 440 g/mol. The van der Waals surface area contributed by atoms with Crippen LogP contribution in [0.1, 0.15) is 34.8 Å². The van der Waals surface area contributed by atoms with Crippen LogP contribution in [0.15, 0.2) is 71.5 Å². The summed E-state index contributed by atoms with van der Waals surface area (Å²) in [5.41, 5.74) is 10.3. The van der Waals surface area contributed by atoms with Gasteiger partial charge in [0.2, 0.25) is 0 Å². The molecule has 33 heavy (non-hydrogen) atoms. The molecule has 1 aromatic heterocycles. The Labute approximate surface area is 191 Å². The molecule has 0 bridgehead atoms. The van der Waals surface area contributed by atoms with Crippen LogP contribution < -0.4 is 21.3 Å². The molecule has 3 aromatic carbocycles. The molecule has 3 N–H and O–H groups in total. The molecule has 5 rings (SSSR count). The van der Waals surface area contributed by atoms with Crippen LogP contribution in [0.5, 0.6) is 5.75 Å². The van der Waals surface area contributed by atoms with Crippen LogP contribution in [-0.4, -0.2) is 17.6 Å². The molecule has 0 radical (unpaired) electrons. The average Bonchev–Trinajstić information content (AvgIpc) is 3.65. The summed E-state index contributed by atoms with van der Waals surface area (Å²) in [4.78, 5) is 26.3. The highest BCUT2D eigenvalue weighted by molar-refractivity contribution is 6.08. The number of carbonyl (C=O) groups is 1. The third kappa shape index (κ3) is 3.74. The summed E-state index contributed by atoms with van der Waals surface area (Å²) in [5.74, 6) is 0.677. The number of aryl methyl sites for hydroxylation is 1. The number of pyridine rings is 1. The summed E-state index contributed by atoms with van der Waals surface area (Å²) in [5, 5.41) is 4.21. The first-order valence-electron chi connectivity index (χ1n) is 11.0. The molecular formula is C27H25N3O3. The fourth-order valence-corrected chi connectivity index (χ4v) is 4.34. The van der Waals surface area contributed by atoms with Crippen molar-refractivity contribution in [3.63, 3.8) is 0 Å². The number of rotatable bonds is 5. The molecule has 1 aliphatic rings. The minimum atomic E-state index is -0.302. The predicted molar refractivity (Wildman–Crippen MR) is 132 cm³/mol. The second kappa shape index (κ2) is 8.13. The van der Waals surface area contributed by atoms with Crippen molar-refractivity contribution in [1.82, 2.24) is 4.57 Å². The number of anilines is 2. The van der Waals surface area contributed by atoms with Crippen molar-refractivity contribution < 1.29 is 9.53 Å². The first-order valence-corrected chi connectivity index (χ1v) is 11.0. The Bertz CT molecular complexity index is 1450. The van der Waals surface area contributed by atoms with E-state index in [-0.39, 0.29) is 17.5 Å². The number of nitrogens with one attached hydrogen (secondary N) is 1. The lowest BCUT2D eigenvalue weighted by atomic mass is 9.97. The van der Waals surface area contributed by atoms with Crippen LogP contribution in [0.3, 0.4) is 0 Å². The number of hydrogen-bond acceptors (Lipinski definition) is 4. The summed E-state index contributed by atoms with van der Waals surface area (Å²) in [6, 6.07) is 20.7. The van der Waals surface area contributed by atoms with Gasteiger partial charge < -0.3 is 15.8 Å². The van der Waals surface area contributed by atoms with E-state index in [4.69, 9.17) is 10.5 Å². The number of hydrogen-bond donors (Lipinski definition) is 2. The first-order chi connectivity index (χ1) is 16.0. The Kier molecular flexibility index (Phi) is 5.13. The Hall–Kier alpha value is -4.06. The van der Waals surface area contributed by atoms with Gasteiger partial charge in [-0.15, -0.1) is 0 Å². The number of aromatic nitrogens is 1. The van der Waals surface area contributed by atoms with E-state index in [1.165, 1.54) is 7.11 Å². The van der Waals surface area contributed by atoms with E-state index >= 15 is 0 Å². The van der Waals surface area contributed by atoms with Crippen LogP contribution in [0.25, 0.3) is 21.9 Å². The van der Waals surface area contributed by atoms with Crippen LogP contribution in [-0.2, 0) is 0 Å². The first kappa shape index (κ1) is 20.8. The van der Waals surface area contributed by atoms with Crippen molar-refractivity contribution in [2.75, 3.05) is 18.2 Å². The highest BCUT2D eigenvalue weighted by atomic mass is 16.5. The second-order valence-corrected chi connectivity index (χ2v) is 8.45. The molecule has 0 spiro atoms. The number of ether oxygens (including phenoxy) is 1. The van der Waals surface area contributed by atoms with Gasteiger partial charge in [0.25, 0.3) is 11.5 Å². The number of nitrogens with zero attached hydrogens (tertiary/aromatic N) is 1. The summed E-state index contributed by atoms with van der Waals surface area (Å²) in [7, 11) is 1.53. The van der Waals surface area contributed by atoms with Gasteiger partial charge in [-0.1, -0.05) is 48.0 Å². The monoisotopic (exact) mass is 439 g/mol. The van der Waals surface area contributed by atoms with Crippen molar-refractivity contribution in [2.45, 2.75) is 25.8 Å². The van der Waals surface area contributed by atoms with E-state index in [1.54, 1.807) is 34.9 Å². The zero-order valence-corrected chi connectivity index (χ0v) is 18.6. The lowest BCUT2D eigenvalue weighted by Gasteiger charge is -2.18. The molecule has 166 valence electrons. The number of methoxy groups -OCH3 is 1. The Morgan fingerprint density at radius 1 is 1.03 bits per heavy atom. The van der Waals surface area contributed by atoms with Gasteiger partial charge in [0, 0.05) is 17.3 Å². The largest absolute Gasteiger partial charge is 0.496 e. The summed E-state index contributed by atoms with van der Waals surface area (Å²) in [6.07, 6.45) is 1.88. The lowest BCUT2D eigenvalue weighted by molar-refractivity contribution is 0.102. The number of carbonyl (C=O) groups excluding carboxylic acids is 1. The van der Waals surface area contributed by atoms with Crippen LogP contribution in [0.2, 0.25) is 0 Å². The maximum absolute atomic E-state index is 13.4. The summed E-state index contributed by atoms with van der Waals surface area (Å²) in [6.45, 7) is 2.03. The highest BCUT2D eigenvalue weighted by Crippen LogP contribution is 2.41. The van der Waals surface area contributed by atoms with Crippen molar-refractivity contribution in [2.24, 2.45) is 0 Å². The van der Waals surface area contributed by atoms with Gasteiger partial charge in [0.1, 0.15) is 11.6 Å². The Morgan fingerprint density at radius 2 is 1.82 bits per heavy atom. The quantitative estimate of drug-likeness (QED) is 0.450. The van der Waals surface area contributed by atoms with Gasteiger partial charge in [-0.05, 0) is 55.0 Å². The topological polar surface area (TPSA) is 86.3 Å². The normalized spacial score (nSPS) is 13.2. The third-order valence-corrected chi connectivity index (χ3v) is 6.08. The van der Waals surface area contributed by atoms with Crippen molar-refractivity contribution in [1.29, 1.82) is 0 Å². The van der Waals surface area contributed by atoms with Gasteiger partial charge >= 0.3 is 0 Å². The Morgan fingerprint density at radius 3 is 2.55 bits per heavy atom.